The first-order valence-electron chi connectivity index (χ1n) is 7.25. The van der Waals surface area contributed by atoms with Crippen LogP contribution in [0.5, 0.6) is 0 Å². The maximum Gasteiger partial charge on any atom is 0.230 e. The number of carbonyl (C=O) groups is 1. The number of halogens is 1. The fourth-order valence-corrected chi connectivity index (χ4v) is 2.93. The van der Waals surface area contributed by atoms with Crippen LogP contribution < -0.4 is 10.6 Å². The first kappa shape index (κ1) is 17.0. The Morgan fingerprint density at radius 2 is 2.15 bits per heavy atom. The van der Waals surface area contributed by atoms with Gasteiger partial charge in [0.1, 0.15) is 0 Å². The van der Waals surface area contributed by atoms with Gasteiger partial charge in [0.25, 0.3) is 0 Å². The first-order valence-corrected chi connectivity index (χ1v) is 7.25. The van der Waals surface area contributed by atoms with Crippen LogP contribution in [0.2, 0.25) is 0 Å². The van der Waals surface area contributed by atoms with E-state index in [4.69, 9.17) is 5.73 Å². The minimum atomic E-state index is 0. The summed E-state index contributed by atoms with van der Waals surface area (Å²) in [5, 5.41) is 0. The summed E-state index contributed by atoms with van der Waals surface area (Å²) in [4.78, 5) is 14.6. The Kier molecular flexibility index (Phi) is 6.50. The highest BCUT2D eigenvalue weighted by atomic mass is 35.5. The zero-order valence-corrected chi connectivity index (χ0v) is 13.2. The van der Waals surface area contributed by atoms with Crippen molar-refractivity contribution in [2.45, 2.75) is 45.6 Å². The van der Waals surface area contributed by atoms with Gasteiger partial charge < -0.3 is 10.6 Å². The van der Waals surface area contributed by atoms with E-state index in [0.29, 0.717) is 6.54 Å². The lowest BCUT2D eigenvalue weighted by molar-refractivity contribution is -0.123. The molecule has 1 aromatic rings. The summed E-state index contributed by atoms with van der Waals surface area (Å²) in [7, 11) is 0. The largest absolute Gasteiger partial charge is 0.328 e. The minimum Gasteiger partial charge on any atom is -0.328 e. The van der Waals surface area contributed by atoms with E-state index in [2.05, 4.69) is 19.1 Å². The number of hydrogen-bond acceptors (Lipinski definition) is 2. The first-order chi connectivity index (χ1) is 9.11. The summed E-state index contributed by atoms with van der Waals surface area (Å²) in [6.07, 6.45) is 3.94. The third-order valence-electron chi connectivity index (χ3n) is 3.96. The Bertz CT molecular complexity index is 450. The Labute approximate surface area is 127 Å². The second-order valence-electron chi connectivity index (χ2n) is 5.55. The van der Waals surface area contributed by atoms with E-state index in [1.807, 2.05) is 24.0 Å². The molecule has 0 radical (unpaired) electrons. The zero-order valence-electron chi connectivity index (χ0n) is 12.3. The van der Waals surface area contributed by atoms with Gasteiger partial charge in [0.05, 0.1) is 0 Å². The van der Waals surface area contributed by atoms with Crippen molar-refractivity contribution in [1.82, 2.24) is 0 Å². The molecule has 1 amide bonds. The molecule has 1 fully saturated rings. The molecule has 2 N–H and O–H groups in total. The number of carbonyl (C=O) groups excluding carboxylic acids is 1. The predicted octanol–water partition coefficient (Wildman–Crippen LogP) is 3.29. The van der Waals surface area contributed by atoms with Crippen LogP contribution in [-0.2, 0) is 4.79 Å². The highest BCUT2D eigenvalue weighted by molar-refractivity contribution is 5.95. The Balaban J connectivity index is 0.00000200. The second-order valence-corrected chi connectivity index (χ2v) is 5.55. The second kappa shape index (κ2) is 7.65. The lowest BCUT2D eigenvalue weighted by Crippen LogP contribution is -2.40. The van der Waals surface area contributed by atoms with Crippen LogP contribution in [0.15, 0.2) is 24.3 Å². The van der Waals surface area contributed by atoms with E-state index >= 15 is 0 Å². The molecule has 2 atom stereocenters. The van der Waals surface area contributed by atoms with Crippen molar-refractivity contribution in [3.05, 3.63) is 29.8 Å². The molecule has 1 saturated carbocycles. The molecular formula is C16H25ClN2O. The Morgan fingerprint density at radius 1 is 1.40 bits per heavy atom. The average Bonchev–Trinajstić information content (AvgIpc) is 2.39. The topological polar surface area (TPSA) is 46.3 Å². The maximum atomic E-state index is 12.7. The Morgan fingerprint density at radius 3 is 2.75 bits per heavy atom. The van der Waals surface area contributed by atoms with Gasteiger partial charge in [0, 0.05) is 24.2 Å². The quantitative estimate of drug-likeness (QED) is 0.930. The minimum absolute atomic E-state index is 0. The van der Waals surface area contributed by atoms with Gasteiger partial charge in [0.15, 0.2) is 0 Å². The van der Waals surface area contributed by atoms with Gasteiger partial charge in [-0.2, -0.15) is 0 Å². The van der Waals surface area contributed by atoms with E-state index < -0.39 is 0 Å². The van der Waals surface area contributed by atoms with E-state index in [1.54, 1.807) is 0 Å². The highest BCUT2D eigenvalue weighted by Crippen LogP contribution is 2.27. The highest BCUT2D eigenvalue weighted by Gasteiger charge is 2.29. The summed E-state index contributed by atoms with van der Waals surface area (Å²) in [6, 6.07) is 8.34. The molecule has 1 aromatic carbocycles. The van der Waals surface area contributed by atoms with Crippen molar-refractivity contribution in [2.24, 2.45) is 11.7 Å². The van der Waals surface area contributed by atoms with Crippen LogP contribution >= 0.6 is 12.4 Å². The standard InChI is InChI=1S/C16H24N2O.ClH/c1-3-18(15-9-4-6-12(2)10-15)16(19)13-7-5-8-14(17)11-13;/h4,6,9-10,13-14H,3,5,7-8,11,17H2,1-2H3;1H. The predicted molar refractivity (Wildman–Crippen MR) is 86.4 cm³/mol. The van der Waals surface area contributed by atoms with Gasteiger partial charge in [-0.15, -0.1) is 12.4 Å². The molecule has 0 bridgehead atoms. The smallest absolute Gasteiger partial charge is 0.230 e. The van der Waals surface area contributed by atoms with E-state index in [9.17, 15) is 4.79 Å². The van der Waals surface area contributed by atoms with Crippen LogP contribution in [0, 0.1) is 12.8 Å². The van der Waals surface area contributed by atoms with Crippen molar-refractivity contribution in [3.63, 3.8) is 0 Å². The van der Waals surface area contributed by atoms with Crippen molar-refractivity contribution in [3.8, 4) is 0 Å². The van der Waals surface area contributed by atoms with Gasteiger partial charge in [-0.25, -0.2) is 0 Å². The number of rotatable bonds is 3. The molecule has 4 heteroatoms. The monoisotopic (exact) mass is 296 g/mol. The summed E-state index contributed by atoms with van der Waals surface area (Å²) in [5.41, 5.74) is 8.19. The molecule has 1 aliphatic rings. The number of aryl methyl sites for hydroxylation is 1. The molecule has 0 aromatic heterocycles. The van der Waals surface area contributed by atoms with Crippen LogP contribution in [0.1, 0.15) is 38.2 Å². The van der Waals surface area contributed by atoms with Gasteiger partial charge in [0.2, 0.25) is 5.91 Å². The van der Waals surface area contributed by atoms with E-state index in [1.165, 1.54) is 5.56 Å². The SMILES string of the molecule is CCN(C(=O)C1CCCC(N)C1)c1cccc(C)c1.Cl. The molecule has 0 heterocycles. The summed E-state index contributed by atoms with van der Waals surface area (Å²) in [5.74, 6) is 0.340. The molecule has 0 saturated heterocycles. The van der Waals surface area contributed by atoms with Crippen molar-refractivity contribution in [1.29, 1.82) is 0 Å². The molecule has 3 nitrogen and oxygen atoms in total. The number of anilines is 1. The summed E-state index contributed by atoms with van der Waals surface area (Å²) in [6.45, 7) is 4.80. The molecule has 0 aliphatic heterocycles. The number of hydrogen-bond donors (Lipinski definition) is 1. The number of benzene rings is 1. The van der Waals surface area contributed by atoms with Crippen LogP contribution in [0.3, 0.4) is 0 Å². The van der Waals surface area contributed by atoms with Crippen molar-refractivity contribution >= 4 is 24.0 Å². The molecule has 20 heavy (non-hydrogen) atoms. The fraction of sp³-hybridized carbons (Fsp3) is 0.562. The van der Waals surface area contributed by atoms with Crippen LogP contribution in [-0.4, -0.2) is 18.5 Å². The molecule has 0 spiro atoms. The van der Waals surface area contributed by atoms with Crippen LogP contribution in [0.25, 0.3) is 0 Å². The Hall–Kier alpha value is -1.06. The molecule has 2 unspecified atom stereocenters. The molecule has 1 aliphatic carbocycles. The third-order valence-corrected chi connectivity index (χ3v) is 3.96. The zero-order chi connectivity index (χ0) is 13.8. The normalized spacial score (nSPS) is 21.9. The molecule has 2 rings (SSSR count). The molecular weight excluding hydrogens is 272 g/mol. The summed E-state index contributed by atoms with van der Waals surface area (Å²) < 4.78 is 0. The van der Waals surface area contributed by atoms with Gasteiger partial charge >= 0.3 is 0 Å². The maximum absolute atomic E-state index is 12.7. The van der Waals surface area contributed by atoms with Crippen molar-refractivity contribution in [2.75, 3.05) is 11.4 Å². The fourth-order valence-electron chi connectivity index (χ4n) is 2.93. The third kappa shape index (κ3) is 3.97. The molecule has 112 valence electrons. The lowest BCUT2D eigenvalue weighted by Gasteiger charge is -2.31. The summed E-state index contributed by atoms with van der Waals surface area (Å²) >= 11 is 0. The van der Waals surface area contributed by atoms with Crippen LogP contribution in [0.4, 0.5) is 5.69 Å². The number of amides is 1. The van der Waals surface area contributed by atoms with Crippen molar-refractivity contribution < 1.29 is 4.79 Å². The van der Waals surface area contributed by atoms with Gasteiger partial charge in [-0.05, 0) is 50.8 Å². The number of nitrogens with two attached hydrogens (primary N) is 1. The van der Waals surface area contributed by atoms with Gasteiger partial charge in [-0.1, -0.05) is 18.6 Å². The lowest BCUT2D eigenvalue weighted by atomic mass is 9.85. The van der Waals surface area contributed by atoms with Gasteiger partial charge in [-0.3, -0.25) is 4.79 Å². The van der Waals surface area contributed by atoms with E-state index in [0.717, 1.165) is 31.4 Å². The number of nitrogens with zero attached hydrogens (tertiary/aromatic N) is 1. The average molecular weight is 297 g/mol. The van der Waals surface area contributed by atoms with E-state index in [-0.39, 0.29) is 30.3 Å².